The van der Waals surface area contributed by atoms with Crippen LogP contribution < -0.4 is 11.1 Å². The molecule has 1 aromatic carbocycles. The molecular formula is C13H20N2O2S. The fourth-order valence-corrected chi connectivity index (χ4v) is 2.56. The lowest BCUT2D eigenvalue weighted by atomic mass is 10.2. The van der Waals surface area contributed by atoms with Gasteiger partial charge in [0.1, 0.15) is 0 Å². The summed E-state index contributed by atoms with van der Waals surface area (Å²) in [6.45, 7) is 2.47. The van der Waals surface area contributed by atoms with Crippen LogP contribution >= 0.6 is 0 Å². The van der Waals surface area contributed by atoms with Gasteiger partial charge in [0.15, 0.2) is 0 Å². The number of anilines is 1. The summed E-state index contributed by atoms with van der Waals surface area (Å²) < 4.78 is 11.4. The second kappa shape index (κ2) is 8.00. The van der Waals surface area contributed by atoms with Gasteiger partial charge in [0.25, 0.3) is 0 Å². The number of rotatable bonds is 7. The molecule has 1 aromatic rings. The summed E-state index contributed by atoms with van der Waals surface area (Å²) in [6, 6.07) is 7.40. The van der Waals surface area contributed by atoms with Crippen LogP contribution in [0.4, 0.5) is 5.69 Å². The predicted octanol–water partition coefficient (Wildman–Crippen LogP) is 1.63. The first-order valence-electron chi connectivity index (χ1n) is 6.09. The van der Waals surface area contributed by atoms with E-state index in [2.05, 4.69) is 5.32 Å². The van der Waals surface area contributed by atoms with Crippen LogP contribution in [0.3, 0.4) is 0 Å². The Morgan fingerprint density at radius 3 is 2.50 bits per heavy atom. The molecule has 1 amide bonds. The van der Waals surface area contributed by atoms with Crippen molar-refractivity contribution in [3.05, 3.63) is 29.8 Å². The Morgan fingerprint density at radius 1 is 1.28 bits per heavy atom. The van der Waals surface area contributed by atoms with Crippen molar-refractivity contribution in [2.75, 3.05) is 16.8 Å². The van der Waals surface area contributed by atoms with E-state index in [4.69, 9.17) is 5.73 Å². The zero-order valence-corrected chi connectivity index (χ0v) is 11.5. The van der Waals surface area contributed by atoms with Gasteiger partial charge in [-0.25, -0.2) is 0 Å². The highest BCUT2D eigenvalue weighted by Crippen LogP contribution is 2.09. The minimum atomic E-state index is -0.881. The molecule has 1 unspecified atom stereocenters. The molecule has 0 saturated heterocycles. The van der Waals surface area contributed by atoms with Gasteiger partial charge in [-0.2, -0.15) is 0 Å². The molecule has 0 radical (unpaired) electrons. The maximum Gasteiger partial charge on any atom is 0.225 e. The van der Waals surface area contributed by atoms with E-state index in [9.17, 15) is 9.00 Å². The minimum Gasteiger partial charge on any atom is -0.326 e. The van der Waals surface area contributed by atoms with Crippen molar-refractivity contribution in [1.82, 2.24) is 0 Å². The average molecular weight is 268 g/mol. The van der Waals surface area contributed by atoms with Crippen LogP contribution in [-0.2, 0) is 22.1 Å². The Labute approximate surface area is 110 Å². The van der Waals surface area contributed by atoms with Crippen LogP contribution in [0.5, 0.6) is 0 Å². The van der Waals surface area contributed by atoms with Crippen molar-refractivity contribution in [2.24, 2.45) is 5.73 Å². The number of hydrogen-bond donors (Lipinski definition) is 2. The summed E-state index contributed by atoms with van der Waals surface area (Å²) in [7, 11) is -0.881. The predicted molar refractivity (Wildman–Crippen MR) is 75.7 cm³/mol. The van der Waals surface area contributed by atoms with E-state index >= 15 is 0 Å². The normalized spacial score (nSPS) is 12.1. The lowest BCUT2D eigenvalue weighted by Gasteiger charge is -2.06. The monoisotopic (exact) mass is 268 g/mol. The highest BCUT2D eigenvalue weighted by molar-refractivity contribution is 7.84. The van der Waals surface area contributed by atoms with Crippen molar-refractivity contribution in [3.8, 4) is 0 Å². The van der Waals surface area contributed by atoms with Crippen LogP contribution in [0.25, 0.3) is 0 Å². The Morgan fingerprint density at radius 2 is 1.94 bits per heavy atom. The Bertz CT molecular complexity index is 404. The number of nitrogens with one attached hydrogen (secondary N) is 1. The number of amides is 1. The van der Waals surface area contributed by atoms with Gasteiger partial charge in [-0.3, -0.25) is 9.00 Å². The van der Waals surface area contributed by atoms with E-state index in [1.165, 1.54) is 0 Å². The molecule has 0 spiro atoms. The highest BCUT2D eigenvalue weighted by Gasteiger charge is 2.05. The van der Waals surface area contributed by atoms with E-state index in [-0.39, 0.29) is 5.91 Å². The molecule has 0 aromatic heterocycles. The minimum absolute atomic E-state index is 0.0973. The van der Waals surface area contributed by atoms with Gasteiger partial charge in [0.2, 0.25) is 5.91 Å². The van der Waals surface area contributed by atoms with Crippen molar-refractivity contribution in [2.45, 2.75) is 26.3 Å². The Balaban J connectivity index is 2.37. The van der Waals surface area contributed by atoms with E-state index < -0.39 is 10.8 Å². The quantitative estimate of drug-likeness (QED) is 0.789. The molecule has 0 aliphatic heterocycles. The Kier molecular flexibility index (Phi) is 6.60. The molecule has 0 aliphatic carbocycles. The van der Waals surface area contributed by atoms with Gasteiger partial charge < -0.3 is 11.1 Å². The van der Waals surface area contributed by atoms with E-state index in [1.54, 1.807) is 0 Å². The summed E-state index contributed by atoms with van der Waals surface area (Å²) in [4.78, 5) is 11.6. The number of benzene rings is 1. The topological polar surface area (TPSA) is 72.2 Å². The SMILES string of the molecule is CCCS(=O)CCC(=O)Nc1ccc(CN)cc1. The van der Waals surface area contributed by atoms with E-state index in [1.807, 2.05) is 31.2 Å². The van der Waals surface area contributed by atoms with Crippen molar-refractivity contribution >= 4 is 22.4 Å². The number of carbonyl (C=O) groups is 1. The first kappa shape index (κ1) is 14.9. The third kappa shape index (κ3) is 5.42. The molecule has 3 N–H and O–H groups in total. The second-order valence-corrected chi connectivity index (χ2v) is 5.74. The summed E-state index contributed by atoms with van der Waals surface area (Å²) in [5.74, 6) is 0.999. The summed E-state index contributed by atoms with van der Waals surface area (Å²) in [5, 5.41) is 2.78. The van der Waals surface area contributed by atoms with Crippen molar-refractivity contribution in [3.63, 3.8) is 0 Å². The van der Waals surface area contributed by atoms with Gasteiger partial charge in [0.05, 0.1) is 0 Å². The lowest BCUT2D eigenvalue weighted by molar-refractivity contribution is -0.115. The molecule has 1 rings (SSSR count). The third-order valence-electron chi connectivity index (χ3n) is 2.46. The lowest BCUT2D eigenvalue weighted by Crippen LogP contribution is -2.15. The number of carbonyl (C=O) groups excluding carboxylic acids is 1. The second-order valence-electron chi connectivity index (χ2n) is 4.05. The van der Waals surface area contributed by atoms with Gasteiger partial charge in [-0.05, 0) is 24.1 Å². The summed E-state index contributed by atoms with van der Waals surface area (Å²) >= 11 is 0. The van der Waals surface area contributed by atoms with E-state index in [0.29, 0.717) is 24.5 Å². The van der Waals surface area contributed by atoms with E-state index in [0.717, 1.165) is 17.7 Å². The number of hydrogen-bond acceptors (Lipinski definition) is 3. The molecule has 0 bridgehead atoms. The van der Waals surface area contributed by atoms with Crippen molar-refractivity contribution < 1.29 is 9.00 Å². The Hall–Kier alpha value is -1.20. The summed E-state index contributed by atoms with van der Waals surface area (Å²) in [6.07, 6.45) is 1.18. The smallest absolute Gasteiger partial charge is 0.225 e. The molecule has 0 heterocycles. The molecule has 5 heteroatoms. The van der Waals surface area contributed by atoms with Crippen LogP contribution in [0, 0.1) is 0 Å². The third-order valence-corrected chi connectivity index (χ3v) is 3.99. The van der Waals surface area contributed by atoms with Crippen LogP contribution in [-0.4, -0.2) is 21.6 Å². The standard InChI is InChI=1S/C13H20N2O2S/c1-2-8-18(17)9-7-13(16)15-12-5-3-11(10-14)4-6-12/h3-6H,2,7-10,14H2,1H3,(H,15,16). The number of nitrogens with two attached hydrogens (primary N) is 1. The molecule has 18 heavy (non-hydrogen) atoms. The zero-order valence-electron chi connectivity index (χ0n) is 10.6. The average Bonchev–Trinajstić information content (AvgIpc) is 2.38. The van der Waals surface area contributed by atoms with Crippen LogP contribution in [0.1, 0.15) is 25.3 Å². The maximum absolute atomic E-state index is 11.6. The fourth-order valence-electron chi connectivity index (χ4n) is 1.48. The first-order chi connectivity index (χ1) is 8.65. The van der Waals surface area contributed by atoms with Crippen LogP contribution in [0.2, 0.25) is 0 Å². The van der Waals surface area contributed by atoms with Gasteiger partial charge in [-0.1, -0.05) is 19.1 Å². The maximum atomic E-state index is 11.6. The van der Waals surface area contributed by atoms with Crippen molar-refractivity contribution in [1.29, 1.82) is 0 Å². The molecule has 0 aliphatic rings. The molecular weight excluding hydrogens is 248 g/mol. The largest absolute Gasteiger partial charge is 0.326 e. The van der Waals surface area contributed by atoms with Gasteiger partial charge in [0, 0.05) is 41.0 Å². The molecule has 0 fully saturated rings. The first-order valence-corrected chi connectivity index (χ1v) is 7.58. The zero-order chi connectivity index (χ0) is 13.4. The summed E-state index contributed by atoms with van der Waals surface area (Å²) in [5.41, 5.74) is 7.26. The fraction of sp³-hybridized carbons (Fsp3) is 0.462. The molecule has 1 atom stereocenters. The van der Waals surface area contributed by atoms with Gasteiger partial charge >= 0.3 is 0 Å². The highest BCUT2D eigenvalue weighted by atomic mass is 32.2. The van der Waals surface area contributed by atoms with Crippen LogP contribution in [0.15, 0.2) is 24.3 Å². The van der Waals surface area contributed by atoms with Gasteiger partial charge in [-0.15, -0.1) is 0 Å². The molecule has 0 saturated carbocycles. The molecule has 100 valence electrons. The molecule has 4 nitrogen and oxygen atoms in total.